The number of allylic oxidation sites excluding steroid dienone is 1. The summed E-state index contributed by atoms with van der Waals surface area (Å²) in [6.45, 7) is 5.35. The summed E-state index contributed by atoms with van der Waals surface area (Å²) < 4.78 is 15.5. The average Bonchev–Trinajstić information content (AvgIpc) is 2.70. The fraction of sp³-hybridized carbons (Fsp3) is 0.750. The molecule has 0 aromatic rings. The molecule has 1 aliphatic heterocycles. The first-order valence-corrected chi connectivity index (χ1v) is 5.70. The molecule has 0 aliphatic carbocycles. The lowest BCUT2D eigenvalue weighted by Crippen LogP contribution is -2.06. The maximum atomic E-state index is 10.5. The van der Waals surface area contributed by atoms with Crippen LogP contribution in [0.2, 0.25) is 0 Å². The van der Waals surface area contributed by atoms with Crippen LogP contribution < -0.4 is 0 Å². The van der Waals surface area contributed by atoms with E-state index in [0.717, 1.165) is 19.3 Å². The molecule has 0 N–H and O–H groups in total. The van der Waals surface area contributed by atoms with Gasteiger partial charge in [-0.3, -0.25) is 4.79 Å². The van der Waals surface area contributed by atoms with E-state index in [2.05, 4.69) is 6.08 Å². The highest BCUT2D eigenvalue weighted by Crippen LogP contribution is 2.12. The zero-order valence-electron chi connectivity index (χ0n) is 10.0. The van der Waals surface area contributed by atoms with E-state index in [1.54, 1.807) is 0 Å². The zero-order valence-corrected chi connectivity index (χ0v) is 10.0. The molecule has 0 saturated carbocycles. The van der Waals surface area contributed by atoms with Crippen LogP contribution in [-0.4, -0.2) is 32.1 Å². The Morgan fingerprint density at radius 1 is 1.38 bits per heavy atom. The Morgan fingerprint density at radius 3 is 2.69 bits per heavy atom. The summed E-state index contributed by atoms with van der Waals surface area (Å²) in [6.07, 6.45) is 4.75. The fourth-order valence-electron chi connectivity index (χ4n) is 1.50. The molecule has 1 rings (SSSR count). The molecular weight excluding hydrogens is 208 g/mol. The van der Waals surface area contributed by atoms with Crippen molar-refractivity contribution in [1.82, 2.24) is 0 Å². The second-order valence-corrected chi connectivity index (χ2v) is 3.89. The number of hydrogen-bond acceptors (Lipinski definition) is 4. The minimum Gasteiger partial charge on any atom is -0.466 e. The van der Waals surface area contributed by atoms with Gasteiger partial charge in [0.1, 0.15) is 0 Å². The second kappa shape index (κ2) is 7.41. The molecule has 0 aromatic carbocycles. The highest BCUT2D eigenvalue weighted by Gasteiger charge is 2.14. The molecule has 4 heteroatoms. The van der Waals surface area contributed by atoms with Crippen LogP contribution in [0.4, 0.5) is 0 Å². The van der Waals surface area contributed by atoms with Crippen LogP contribution in [0.25, 0.3) is 0 Å². The molecule has 0 amide bonds. The van der Waals surface area contributed by atoms with Gasteiger partial charge in [-0.15, -0.1) is 0 Å². The molecule has 0 bridgehead atoms. The number of carbonyl (C=O) groups excluding carboxylic acids is 1. The lowest BCUT2D eigenvalue weighted by Gasteiger charge is -2.07. The third-order valence-electron chi connectivity index (χ3n) is 2.39. The lowest BCUT2D eigenvalue weighted by molar-refractivity contribution is -0.140. The standard InChI is InChI=1S/C12H20O4/c1-10(6-7-14-11(2)13)4-3-5-12-15-8-9-16-12/h4,12H,3,5-9H2,1-2H3. The average molecular weight is 228 g/mol. The van der Waals surface area contributed by atoms with Gasteiger partial charge in [0.05, 0.1) is 19.8 Å². The Balaban J connectivity index is 2.05. The van der Waals surface area contributed by atoms with Crippen LogP contribution in [0.1, 0.15) is 33.1 Å². The lowest BCUT2D eigenvalue weighted by atomic mass is 10.1. The molecular formula is C12H20O4. The summed E-state index contributed by atoms with van der Waals surface area (Å²) >= 11 is 0. The minimum absolute atomic E-state index is 0.0301. The Morgan fingerprint density at radius 2 is 2.06 bits per heavy atom. The number of rotatable bonds is 6. The van der Waals surface area contributed by atoms with Crippen molar-refractivity contribution in [1.29, 1.82) is 0 Å². The number of hydrogen-bond donors (Lipinski definition) is 0. The first-order valence-electron chi connectivity index (χ1n) is 5.70. The third-order valence-corrected chi connectivity index (χ3v) is 2.39. The summed E-state index contributed by atoms with van der Waals surface area (Å²) in [5, 5.41) is 0. The first kappa shape index (κ1) is 13.2. The Kier molecular flexibility index (Phi) is 6.11. The van der Waals surface area contributed by atoms with Crippen molar-refractivity contribution in [3.8, 4) is 0 Å². The predicted octanol–water partition coefficient (Wildman–Crippen LogP) is 2.04. The van der Waals surface area contributed by atoms with Crippen molar-refractivity contribution in [2.24, 2.45) is 0 Å². The number of ether oxygens (including phenoxy) is 3. The maximum absolute atomic E-state index is 10.5. The SMILES string of the molecule is CC(=O)OCCC(C)=CCCC1OCCO1. The number of carbonyl (C=O) groups is 1. The van der Waals surface area contributed by atoms with Gasteiger partial charge in [-0.2, -0.15) is 0 Å². The minimum atomic E-state index is -0.222. The summed E-state index contributed by atoms with van der Waals surface area (Å²) in [7, 11) is 0. The Labute approximate surface area is 96.6 Å². The van der Waals surface area contributed by atoms with Gasteiger partial charge in [0.25, 0.3) is 0 Å². The summed E-state index contributed by atoms with van der Waals surface area (Å²) in [5.74, 6) is -0.222. The summed E-state index contributed by atoms with van der Waals surface area (Å²) in [5.41, 5.74) is 1.24. The van der Waals surface area contributed by atoms with Gasteiger partial charge in [0.2, 0.25) is 0 Å². The van der Waals surface area contributed by atoms with Crippen LogP contribution in [0, 0.1) is 0 Å². The molecule has 92 valence electrons. The molecule has 16 heavy (non-hydrogen) atoms. The summed E-state index contributed by atoms with van der Waals surface area (Å²) in [6, 6.07) is 0. The van der Waals surface area contributed by atoms with E-state index in [1.807, 2.05) is 6.92 Å². The van der Waals surface area contributed by atoms with Crippen LogP contribution in [-0.2, 0) is 19.0 Å². The van der Waals surface area contributed by atoms with Gasteiger partial charge in [0.15, 0.2) is 6.29 Å². The molecule has 1 heterocycles. The van der Waals surface area contributed by atoms with Crippen molar-refractivity contribution in [3.63, 3.8) is 0 Å². The molecule has 1 aliphatic rings. The van der Waals surface area contributed by atoms with Crippen LogP contribution in [0.5, 0.6) is 0 Å². The van der Waals surface area contributed by atoms with Crippen molar-refractivity contribution in [2.45, 2.75) is 39.4 Å². The normalized spacial score (nSPS) is 17.8. The largest absolute Gasteiger partial charge is 0.466 e. The van der Waals surface area contributed by atoms with E-state index in [-0.39, 0.29) is 12.3 Å². The fourth-order valence-corrected chi connectivity index (χ4v) is 1.50. The van der Waals surface area contributed by atoms with Gasteiger partial charge in [-0.05, 0) is 13.3 Å². The van der Waals surface area contributed by atoms with Crippen molar-refractivity contribution in [2.75, 3.05) is 19.8 Å². The van der Waals surface area contributed by atoms with Crippen LogP contribution in [0.3, 0.4) is 0 Å². The van der Waals surface area contributed by atoms with Crippen molar-refractivity contribution in [3.05, 3.63) is 11.6 Å². The van der Waals surface area contributed by atoms with Gasteiger partial charge < -0.3 is 14.2 Å². The van der Waals surface area contributed by atoms with E-state index in [4.69, 9.17) is 14.2 Å². The maximum Gasteiger partial charge on any atom is 0.302 e. The monoisotopic (exact) mass is 228 g/mol. The van der Waals surface area contributed by atoms with Gasteiger partial charge >= 0.3 is 5.97 Å². The number of esters is 1. The van der Waals surface area contributed by atoms with E-state index in [1.165, 1.54) is 12.5 Å². The molecule has 1 fully saturated rings. The Bertz CT molecular complexity index is 241. The van der Waals surface area contributed by atoms with Gasteiger partial charge in [0, 0.05) is 19.8 Å². The molecule has 4 nitrogen and oxygen atoms in total. The third kappa shape index (κ3) is 5.88. The van der Waals surface area contributed by atoms with Crippen LogP contribution >= 0.6 is 0 Å². The van der Waals surface area contributed by atoms with Gasteiger partial charge in [-0.1, -0.05) is 11.6 Å². The molecule has 0 radical (unpaired) electrons. The molecule has 0 spiro atoms. The highest BCUT2D eigenvalue weighted by atomic mass is 16.7. The topological polar surface area (TPSA) is 44.8 Å². The molecule has 0 atom stereocenters. The highest BCUT2D eigenvalue weighted by molar-refractivity contribution is 5.65. The smallest absolute Gasteiger partial charge is 0.302 e. The van der Waals surface area contributed by atoms with Crippen LogP contribution in [0.15, 0.2) is 11.6 Å². The molecule has 0 aromatic heterocycles. The van der Waals surface area contributed by atoms with E-state index in [9.17, 15) is 4.79 Å². The van der Waals surface area contributed by atoms with Gasteiger partial charge in [-0.25, -0.2) is 0 Å². The van der Waals surface area contributed by atoms with Crippen molar-refractivity contribution < 1.29 is 19.0 Å². The quantitative estimate of drug-likeness (QED) is 0.515. The Hall–Kier alpha value is -0.870. The van der Waals surface area contributed by atoms with E-state index in [0.29, 0.717) is 19.8 Å². The molecule has 1 saturated heterocycles. The summed E-state index contributed by atoms with van der Waals surface area (Å²) in [4.78, 5) is 10.5. The predicted molar refractivity (Wildman–Crippen MR) is 59.9 cm³/mol. The first-order chi connectivity index (χ1) is 7.68. The van der Waals surface area contributed by atoms with E-state index >= 15 is 0 Å². The zero-order chi connectivity index (χ0) is 11.8. The van der Waals surface area contributed by atoms with Crippen molar-refractivity contribution >= 4 is 5.97 Å². The second-order valence-electron chi connectivity index (χ2n) is 3.89. The van der Waals surface area contributed by atoms with E-state index < -0.39 is 0 Å². The molecule has 0 unspecified atom stereocenters.